The number of hydrogen-bond acceptors (Lipinski definition) is 2. The molecule has 0 unspecified atom stereocenters. The molecule has 0 aliphatic heterocycles. The molecule has 0 radical (unpaired) electrons. The Bertz CT molecular complexity index is 494. The Labute approximate surface area is 115 Å². The van der Waals surface area contributed by atoms with Crippen LogP contribution in [0.2, 0.25) is 0 Å². The highest BCUT2D eigenvalue weighted by atomic mass is 15.3. The lowest BCUT2D eigenvalue weighted by atomic mass is 10.2. The number of rotatable bonds is 7. The Hall–Kier alpha value is -1.55. The van der Waals surface area contributed by atoms with Crippen LogP contribution in [0.5, 0.6) is 0 Å². The SMILES string of the molecule is CCC(CC)n1ccc(Cn2ccc(CNC)c2)n1. The molecule has 4 heteroatoms. The average Bonchev–Trinajstić information content (AvgIpc) is 3.02. The van der Waals surface area contributed by atoms with Crippen molar-refractivity contribution in [3.05, 3.63) is 42.0 Å². The van der Waals surface area contributed by atoms with Crippen molar-refractivity contribution in [3.63, 3.8) is 0 Å². The highest BCUT2D eigenvalue weighted by Gasteiger charge is 2.08. The third-order valence-corrected chi connectivity index (χ3v) is 3.52. The van der Waals surface area contributed by atoms with Gasteiger partial charge in [0.1, 0.15) is 0 Å². The van der Waals surface area contributed by atoms with Gasteiger partial charge in [-0.2, -0.15) is 5.10 Å². The van der Waals surface area contributed by atoms with E-state index in [-0.39, 0.29) is 0 Å². The van der Waals surface area contributed by atoms with Crippen LogP contribution in [-0.2, 0) is 13.1 Å². The maximum absolute atomic E-state index is 4.68. The molecule has 0 spiro atoms. The Morgan fingerprint density at radius 2 is 2.00 bits per heavy atom. The van der Waals surface area contributed by atoms with E-state index < -0.39 is 0 Å². The predicted octanol–water partition coefficient (Wildman–Crippen LogP) is 2.81. The number of nitrogens with one attached hydrogen (secondary N) is 1. The van der Waals surface area contributed by atoms with E-state index in [4.69, 9.17) is 0 Å². The Morgan fingerprint density at radius 3 is 2.68 bits per heavy atom. The van der Waals surface area contributed by atoms with E-state index in [1.54, 1.807) is 0 Å². The van der Waals surface area contributed by atoms with E-state index >= 15 is 0 Å². The second-order valence-electron chi connectivity index (χ2n) is 4.98. The molecule has 0 fully saturated rings. The lowest BCUT2D eigenvalue weighted by Gasteiger charge is -2.12. The van der Waals surface area contributed by atoms with Crippen LogP contribution >= 0.6 is 0 Å². The summed E-state index contributed by atoms with van der Waals surface area (Å²) in [6, 6.07) is 4.79. The summed E-state index contributed by atoms with van der Waals surface area (Å²) in [4.78, 5) is 0. The zero-order valence-corrected chi connectivity index (χ0v) is 12.1. The van der Waals surface area contributed by atoms with Crippen LogP contribution in [0.1, 0.15) is 44.0 Å². The molecule has 4 nitrogen and oxygen atoms in total. The van der Waals surface area contributed by atoms with Crippen LogP contribution < -0.4 is 5.32 Å². The van der Waals surface area contributed by atoms with Crippen LogP contribution in [-0.4, -0.2) is 21.4 Å². The standard InChI is InChI=1S/C15H24N4/c1-4-15(5-2)19-9-7-14(17-19)12-18-8-6-13(11-18)10-16-3/h6-9,11,15-16H,4-5,10,12H2,1-3H3. The van der Waals surface area contributed by atoms with Gasteiger partial charge in [0.25, 0.3) is 0 Å². The van der Waals surface area contributed by atoms with Gasteiger partial charge in [0.15, 0.2) is 0 Å². The van der Waals surface area contributed by atoms with Crippen LogP contribution in [0.4, 0.5) is 0 Å². The van der Waals surface area contributed by atoms with Gasteiger partial charge in [0.05, 0.1) is 18.3 Å². The molecule has 0 aliphatic carbocycles. The summed E-state index contributed by atoms with van der Waals surface area (Å²) in [5, 5.41) is 7.85. The molecule has 1 N–H and O–H groups in total. The maximum atomic E-state index is 4.68. The van der Waals surface area contributed by atoms with Gasteiger partial charge in [-0.15, -0.1) is 0 Å². The van der Waals surface area contributed by atoms with Crippen molar-refractivity contribution in [2.24, 2.45) is 0 Å². The first-order valence-corrected chi connectivity index (χ1v) is 7.10. The third-order valence-electron chi connectivity index (χ3n) is 3.52. The fourth-order valence-corrected chi connectivity index (χ4v) is 2.41. The molecule has 2 rings (SSSR count). The molecule has 0 aliphatic rings. The molecule has 0 saturated carbocycles. The molecule has 0 amide bonds. The largest absolute Gasteiger partial charge is 0.348 e. The summed E-state index contributed by atoms with van der Waals surface area (Å²) in [7, 11) is 1.97. The lowest BCUT2D eigenvalue weighted by Crippen LogP contribution is -2.08. The molecule has 104 valence electrons. The average molecular weight is 260 g/mol. The maximum Gasteiger partial charge on any atom is 0.0821 e. The fraction of sp³-hybridized carbons (Fsp3) is 0.533. The summed E-state index contributed by atoms with van der Waals surface area (Å²) >= 11 is 0. The topological polar surface area (TPSA) is 34.8 Å². The van der Waals surface area contributed by atoms with E-state index in [2.05, 4.69) is 64.2 Å². The predicted molar refractivity (Wildman–Crippen MR) is 78.1 cm³/mol. The van der Waals surface area contributed by atoms with Gasteiger partial charge in [0, 0.05) is 25.1 Å². The van der Waals surface area contributed by atoms with Crippen LogP contribution in [0.25, 0.3) is 0 Å². The van der Waals surface area contributed by atoms with Gasteiger partial charge >= 0.3 is 0 Å². The Balaban J connectivity index is 2.02. The summed E-state index contributed by atoms with van der Waals surface area (Å²) in [5.74, 6) is 0. The second kappa shape index (κ2) is 6.57. The summed E-state index contributed by atoms with van der Waals surface area (Å²) in [6.07, 6.45) is 8.65. The van der Waals surface area contributed by atoms with Crippen molar-refractivity contribution in [2.45, 2.75) is 45.8 Å². The minimum atomic E-state index is 0.526. The van der Waals surface area contributed by atoms with Crippen molar-refractivity contribution < 1.29 is 0 Å². The number of nitrogens with zero attached hydrogens (tertiary/aromatic N) is 3. The van der Waals surface area contributed by atoms with E-state index in [1.165, 1.54) is 5.56 Å². The van der Waals surface area contributed by atoms with E-state index in [0.717, 1.165) is 31.6 Å². The molecule has 2 heterocycles. The first-order valence-electron chi connectivity index (χ1n) is 7.10. The first kappa shape index (κ1) is 13.9. The highest BCUT2D eigenvalue weighted by molar-refractivity contribution is 5.12. The van der Waals surface area contributed by atoms with Gasteiger partial charge < -0.3 is 9.88 Å². The second-order valence-corrected chi connectivity index (χ2v) is 4.98. The summed E-state index contributed by atoms with van der Waals surface area (Å²) < 4.78 is 4.29. The van der Waals surface area contributed by atoms with Crippen LogP contribution in [0, 0.1) is 0 Å². The van der Waals surface area contributed by atoms with Crippen molar-refractivity contribution in [3.8, 4) is 0 Å². The number of aromatic nitrogens is 3. The highest BCUT2D eigenvalue weighted by Crippen LogP contribution is 2.15. The molecule has 19 heavy (non-hydrogen) atoms. The summed E-state index contributed by atoms with van der Waals surface area (Å²) in [5.41, 5.74) is 2.43. The van der Waals surface area contributed by atoms with Crippen molar-refractivity contribution in [2.75, 3.05) is 7.05 Å². The Kier molecular flexibility index (Phi) is 4.80. The monoisotopic (exact) mass is 260 g/mol. The molecule has 0 saturated heterocycles. The molecule has 2 aromatic rings. The van der Waals surface area contributed by atoms with Gasteiger partial charge in [-0.05, 0) is 37.6 Å². The lowest BCUT2D eigenvalue weighted by molar-refractivity contribution is 0.424. The minimum absolute atomic E-state index is 0.526. The molecule has 0 atom stereocenters. The van der Waals surface area contributed by atoms with Gasteiger partial charge in [-0.1, -0.05) is 13.8 Å². The van der Waals surface area contributed by atoms with Crippen LogP contribution in [0.15, 0.2) is 30.7 Å². The number of hydrogen-bond donors (Lipinski definition) is 1. The van der Waals surface area contributed by atoms with E-state index in [9.17, 15) is 0 Å². The van der Waals surface area contributed by atoms with E-state index in [1.807, 2.05) is 7.05 Å². The van der Waals surface area contributed by atoms with Crippen molar-refractivity contribution in [1.82, 2.24) is 19.7 Å². The van der Waals surface area contributed by atoms with E-state index in [0.29, 0.717) is 6.04 Å². The zero-order chi connectivity index (χ0) is 13.7. The molecule has 0 aromatic carbocycles. The van der Waals surface area contributed by atoms with Crippen LogP contribution in [0.3, 0.4) is 0 Å². The molecular weight excluding hydrogens is 236 g/mol. The smallest absolute Gasteiger partial charge is 0.0821 e. The molecule has 2 aromatic heterocycles. The first-order chi connectivity index (χ1) is 9.26. The third kappa shape index (κ3) is 3.47. The zero-order valence-electron chi connectivity index (χ0n) is 12.1. The fourth-order valence-electron chi connectivity index (χ4n) is 2.41. The quantitative estimate of drug-likeness (QED) is 0.830. The van der Waals surface area contributed by atoms with Crippen molar-refractivity contribution >= 4 is 0 Å². The van der Waals surface area contributed by atoms with Crippen molar-refractivity contribution in [1.29, 1.82) is 0 Å². The van der Waals surface area contributed by atoms with Gasteiger partial charge in [-0.3, -0.25) is 4.68 Å². The normalized spacial score (nSPS) is 11.4. The summed E-state index contributed by atoms with van der Waals surface area (Å²) in [6.45, 7) is 6.18. The molecule has 0 bridgehead atoms. The van der Waals surface area contributed by atoms with Gasteiger partial charge in [-0.25, -0.2) is 0 Å². The van der Waals surface area contributed by atoms with Gasteiger partial charge in [0.2, 0.25) is 0 Å². The molecular formula is C15H24N4. The minimum Gasteiger partial charge on any atom is -0.348 e. The Morgan fingerprint density at radius 1 is 1.21 bits per heavy atom.